The number of nitrogens with zero attached hydrogens (tertiary/aromatic N) is 4. The van der Waals surface area contributed by atoms with Crippen LogP contribution in [0.4, 0.5) is 23.5 Å². The highest BCUT2D eigenvalue weighted by Gasteiger charge is 2.19. The van der Waals surface area contributed by atoms with Crippen LogP contribution in [0.2, 0.25) is 0 Å². The van der Waals surface area contributed by atoms with Crippen molar-refractivity contribution in [1.29, 1.82) is 0 Å². The number of aromatic nitrogens is 3. The predicted molar refractivity (Wildman–Crippen MR) is 144 cm³/mol. The van der Waals surface area contributed by atoms with Crippen LogP contribution in [0.15, 0.2) is 18.2 Å². The van der Waals surface area contributed by atoms with Gasteiger partial charge in [0.15, 0.2) is 0 Å². The average Bonchev–Trinajstić information content (AvgIpc) is 2.78. The summed E-state index contributed by atoms with van der Waals surface area (Å²) in [7, 11) is 5.03. The van der Waals surface area contributed by atoms with Crippen molar-refractivity contribution in [2.24, 2.45) is 0 Å². The van der Waals surface area contributed by atoms with Gasteiger partial charge in [0.25, 0.3) is 0 Å². The second-order valence-corrected chi connectivity index (χ2v) is 9.86. The minimum absolute atomic E-state index is 0.374. The van der Waals surface area contributed by atoms with Crippen LogP contribution >= 0.6 is 9.24 Å². The van der Waals surface area contributed by atoms with Crippen LogP contribution in [0.3, 0.4) is 0 Å². The van der Waals surface area contributed by atoms with E-state index in [2.05, 4.69) is 76.1 Å². The third kappa shape index (κ3) is 8.08. The van der Waals surface area contributed by atoms with Crippen molar-refractivity contribution in [3.63, 3.8) is 0 Å². The normalized spacial score (nSPS) is 15.1. The molecule has 1 aromatic carbocycles. The monoisotopic (exact) mass is 471 g/mol. The SMILES string of the molecule is CCCc1ccc(Nc2nc(NC(CCC)CCC)nc(NC3CCN(C)CC3)n2)cc1P. The molecule has 0 amide bonds. The number of rotatable bonds is 12. The molecule has 1 aliphatic heterocycles. The number of anilines is 4. The van der Waals surface area contributed by atoms with Gasteiger partial charge in [-0.05, 0) is 75.2 Å². The average molecular weight is 472 g/mol. The summed E-state index contributed by atoms with van der Waals surface area (Å²) in [6.45, 7) is 8.84. The van der Waals surface area contributed by atoms with Crippen LogP contribution in [0.25, 0.3) is 0 Å². The first-order valence-corrected chi connectivity index (χ1v) is 13.2. The van der Waals surface area contributed by atoms with Gasteiger partial charge in [-0.1, -0.05) is 46.1 Å². The quantitative estimate of drug-likeness (QED) is 0.378. The Morgan fingerprint density at radius 3 is 2.27 bits per heavy atom. The van der Waals surface area contributed by atoms with Gasteiger partial charge in [0.05, 0.1) is 0 Å². The zero-order valence-electron chi connectivity index (χ0n) is 20.8. The number of piperidine rings is 1. The number of benzene rings is 1. The number of aryl methyl sites for hydroxylation is 1. The van der Waals surface area contributed by atoms with E-state index in [1.54, 1.807) is 0 Å². The summed E-state index contributed by atoms with van der Waals surface area (Å²) in [5.41, 5.74) is 2.35. The van der Waals surface area contributed by atoms with Crippen LogP contribution in [0.5, 0.6) is 0 Å². The van der Waals surface area contributed by atoms with Gasteiger partial charge in [0.2, 0.25) is 17.8 Å². The number of hydrogen-bond donors (Lipinski definition) is 3. The zero-order valence-corrected chi connectivity index (χ0v) is 22.0. The van der Waals surface area contributed by atoms with Gasteiger partial charge >= 0.3 is 0 Å². The molecule has 33 heavy (non-hydrogen) atoms. The summed E-state index contributed by atoms with van der Waals surface area (Å²) in [5, 5.41) is 11.8. The highest BCUT2D eigenvalue weighted by Crippen LogP contribution is 2.21. The second-order valence-electron chi connectivity index (χ2n) is 9.24. The number of likely N-dealkylation sites (tertiary alicyclic amines) is 1. The van der Waals surface area contributed by atoms with Crippen molar-refractivity contribution in [3.8, 4) is 0 Å². The molecule has 3 N–H and O–H groups in total. The van der Waals surface area contributed by atoms with Gasteiger partial charge in [-0.25, -0.2) is 0 Å². The summed E-state index contributed by atoms with van der Waals surface area (Å²) in [6, 6.07) is 7.20. The maximum atomic E-state index is 4.75. The Hall–Kier alpha value is -1.98. The maximum Gasteiger partial charge on any atom is 0.233 e. The van der Waals surface area contributed by atoms with E-state index in [1.165, 1.54) is 10.9 Å². The molecule has 1 atom stereocenters. The summed E-state index contributed by atoms with van der Waals surface area (Å²) in [6.07, 6.45) is 8.89. The highest BCUT2D eigenvalue weighted by atomic mass is 31.0. The zero-order chi connectivity index (χ0) is 23.6. The van der Waals surface area contributed by atoms with E-state index < -0.39 is 0 Å². The fraction of sp³-hybridized carbons (Fsp3) is 0.640. The summed E-state index contributed by atoms with van der Waals surface area (Å²) in [5.74, 6) is 1.86. The molecule has 2 heterocycles. The fourth-order valence-corrected chi connectivity index (χ4v) is 4.78. The number of hydrogen-bond acceptors (Lipinski definition) is 7. The van der Waals surface area contributed by atoms with Crippen LogP contribution in [-0.4, -0.2) is 52.1 Å². The van der Waals surface area contributed by atoms with Crippen LogP contribution < -0.4 is 21.3 Å². The molecule has 2 aromatic rings. The molecule has 8 heteroatoms. The Kier molecular flexibility index (Phi) is 10.1. The lowest BCUT2D eigenvalue weighted by Gasteiger charge is -2.29. The molecule has 0 saturated carbocycles. The molecule has 0 aliphatic carbocycles. The van der Waals surface area contributed by atoms with Gasteiger partial charge in [0, 0.05) is 17.8 Å². The molecule has 1 fully saturated rings. The highest BCUT2D eigenvalue weighted by molar-refractivity contribution is 7.27. The van der Waals surface area contributed by atoms with E-state index in [4.69, 9.17) is 15.0 Å². The van der Waals surface area contributed by atoms with Crippen LogP contribution in [-0.2, 0) is 6.42 Å². The van der Waals surface area contributed by atoms with Crippen LogP contribution in [0, 0.1) is 0 Å². The topological polar surface area (TPSA) is 78.0 Å². The largest absolute Gasteiger partial charge is 0.351 e. The Morgan fingerprint density at radius 1 is 0.970 bits per heavy atom. The van der Waals surface area contributed by atoms with E-state index >= 15 is 0 Å². The lowest BCUT2D eigenvalue weighted by molar-refractivity contribution is 0.263. The van der Waals surface area contributed by atoms with Crippen molar-refractivity contribution in [1.82, 2.24) is 19.9 Å². The maximum absolute atomic E-state index is 4.75. The van der Waals surface area contributed by atoms with Gasteiger partial charge in [0.1, 0.15) is 0 Å². The Bertz CT molecular complexity index is 862. The molecular weight excluding hydrogens is 429 g/mol. The van der Waals surface area contributed by atoms with E-state index in [9.17, 15) is 0 Å². The molecule has 3 rings (SSSR count). The summed E-state index contributed by atoms with van der Waals surface area (Å²) >= 11 is 0. The van der Waals surface area contributed by atoms with Crippen molar-refractivity contribution in [2.45, 2.75) is 84.2 Å². The third-order valence-corrected chi connectivity index (χ3v) is 6.75. The van der Waals surface area contributed by atoms with Gasteiger partial charge in [-0.15, -0.1) is 9.24 Å². The molecular formula is C25H42N7P. The molecule has 1 aromatic heterocycles. The third-order valence-electron chi connectivity index (χ3n) is 6.22. The molecule has 1 saturated heterocycles. The summed E-state index contributed by atoms with van der Waals surface area (Å²) in [4.78, 5) is 16.6. The molecule has 1 aliphatic rings. The minimum Gasteiger partial charge on any atom is -0.351 e. The second kappa shape index (κ2) is 13.0. The molecule has 0 radical (unpaired) electrons. The van der Waals surface area contributed by atoms with Crippen molar-refractivity contribution in [3.05, 3.63) is 23.8 Å². The Morgan fingerprint density at radius 2 is 1.64 bits per heavy atom. The smallest absolute Gasteiger partial charge is 0.233 e. The van der Waals surface area contributed by atoms with Gasteiger partial charge < -0.3 is 20.9 Å². The molecule has 7 nitrogen and oxygen atoms in total. The molecule has 182 valence electrons. The lowest BCUT2D eigenvalue weighted by Crippen LogP contribution is -2.37. The molecule has 1 unspecified atom stereocenters. The summed E-state index contributed by atoms with van der Waals surface area (Å²) < 4.78 is 0. The Labute approximate surface area is 202 Å². The fourth-order valence-electron chi connectivity index (χ4n) is 4.36. The van der Waals surface area contributed by atoms with Crippen molar-refractivity contribution in [2.75, 3.05) is 36.1 Å². The van der Waals surface area contributed by atoms with Crippen LogP contribution in [0.1, 0.15) is 71.3 Å². The van der Waals surface area contributed by atoms with E-state index in [0.29, 0.717) is 29.9 Å². The molecule has 0 bridgehead atoms. The predicted octanol–water partition coefficient (Wildman–Crippen LogP) is 4.95. The standard InChI is InChI=1S/C25H42N7P/c1-5-8-18-11-12-21(17-22(18)33)28-25-30-23(26-19(9-6-2)10-7-3)29-24(31-25)27-20-13-15-32(4)16-14-20/h11-12,17,19-20H,5-10,13-16,33H2,1-4H3,(H3,26,27,28,29,30,31). The van der Waals surface area contributed by atoms with E-state index in [0.717, 1.165) is 70.1 Å². The van der Waals surface area contributed by atoms with E-state index in [-0.39, 0.29) is 0 Å². The first-order valence-electron chi connectivity index (χ1n) is 12.6. The lowest BCUT2D eigenvalue weighted by atomic mass is 10.1. The van der Waals surface area contributed by atoms with E-state index in [1.807, 2.05) is 0 Å². The van der Waals surface area contributed by atoms with Crippen molar-refractivity contribution < 1.29 is 0 Å². The van der Waals surface area contributed by atoms with Gasteiger partial charge in [-0.2, -0.15) is 15.0 Å². The first-order chi connectivity index (χ1) is 16.0. The van der Waals surface area contributed by atoms with Crippen molar-refractivity contribution >= 4 is 38.1 Å². The first kappa shape index (κ1) is 25.6. The minimum atomic E-state index is 0.374. The molecule has 0 spiro atoms. The van der Waals surface area contributed by atoms with Gasteiger partial charge in [-0.3, -0.25) is 0 Å². The Balaban J connectivity index is 1.81. The number of nitrogens with one attached hydrogen (secondary N) is 3.